The number of hydrogen-bond acceptors (Lipinski definition) is 2. The van der Waals surface area contributed by atoms with Crippen molar-refractivity contribution in [3.05, 3.63) is 200 Å². The van der Waals surface area contributed by atoms with Gasteiger partial charge < -0.3 is 8.97 Å². The number of aromatic nitrogens is 5. The van der Waals surface area contributed by atoms with Crippen molar-refractivity contribution in [2.45, 2.75) is 0 Å². The molecule has 15 rings (SSSR count). The number of nitrogens with zero attached hydrogens (tertiary/aromatic N) is 5. The highest BCUT2D eigenvalue weighted by Crippen LogP contribution is 2.49. The van der Waals surface area contributed by atoms with E-state index in [-0.39, 0.29) is 0 Å². The van der Waals surface area contributed by atoms with Crippen LogP contribution in [0, 0.1) is 0 Å². The average Bonchev–Trinajstić information content (AvgIpc) is 3.96. The number of rotatable bonds is 3. The van der Waals surface area contributed by atoms with Gasteiger partial charge in [0.15, 0.2) is 0 Å². The van der Waals surface area contributed by atoms with Crippen LogP contribution in [0.5, 0.6) is 0 Å². The van der Waals surface area contributed by atoms with E-state index in [0.29, 0.717) is 5.95 Å². The second-order valence-corrected chi connectivity index (χ2v) is 16.9. The standard InChI is InChI=1S/C58H33N5/c1-3-16-35(17-4-1)54-51-39-22-10-9-15-34(39)29-30-46(51)59-58(60-54)63-48-28-14-24-41-42-25-13-26-43-44-31-36-18-7-8-19-37(36)32-49(44)62(55(42)43)50-33-45-40-23-11-12-27-47(40)61(38-20-5-2-6-21-38)56(45)57(63)53(50)52(41)48/h1-33H. The molecule has 0 amide bonds. The van der Waals surface area contributed by atoms with Gasteiger partial charge in [-0.15, -0.1) is 0 Å². The van der Waals surface area contributed by atoms with Crippen LogP contribution in [0.3, 0.4) is 0 Å². The van der Waals surface area contributed by atoms with E-state index in [1.807, 2.05) is 0 Å². The summed E-state index contributed by atoms with van der Waals surface area (Å²) in [5.74, 6) is 0.638. The predicted molar refractivity (Wildman–Crippen MR) is 263 cm³/mol. The van der Waals surface area contributed by atoms with E-state index in [9.17, 15) is 0 Å². The van der Waals surface area contributed by atoms with Crippen LogP contribution in [0.15, 0.2) is 200 Å². The van der Waals surface area contributed by atoms with Gasteiger partial charge in [0, 0.05) is 54.3 Å². The molecule has 5 aromatic heterocycles. The summed E-state index contributed by atoms with van der Waals surface area (Å²) in [6.45, 7) is 0. The first-order valence-electron chi connectivity index (χ1n) is 21.6. The van der Waals surface area contributed by atoms with Gasteiger partial charge >= 0.3 is 0 Å². The third kappa shape index (κ3) is 4.30. The van der Waals surface area contributed by atoms with E-state index in [1.165, 1.54) is 64.9 Å². The van der Waals surface area contributed by atoms with Crippen molar-refractivity contribution in [2.24, 2.45) is 0 Å². The number of hydrogen-bond donors (Lipinski definition) is 0. The minimum atomic E-state index is 0.638. The molecule has 0 saturated carbocycles. The first-order chi connectivity index (χ1) is 31.3. The summed E-state index contributed by atoms with van der Waals surface area (Å²) >= 11 is 0. The first kappa shape index (κ1) is 33.2. The Morgan fingerprint density at radius 3 is 1.81 bits per heavy atom. The number of benzene rings is 10. The highest BCUT2D eigenvalue weighted by Gasteiger charge is 2.28. The summed E-state index contributed by atoms with van der Waals surface area (Å²) in [6.07, 6.45) is 0. The van der Waals surface area contributed by atoms with Crippen LogP contribution in [-0.4, -0.2) is 23.5 Å². The van der Waals surface area contributed by atoms with Gasteiger partial charge in [-0.2, -0.15) is 0 Å². The fraction of sp³-hybridized carbons (Fsp3) is 0. The third-order valence-corrected chi connectivity index (χ3v) is 13.7. The second-order valence-electron chi connectivity index (χ2n) is 16.9. The maximum absolute atomic E-state index is 5.72. The van der Waals surface area contributed by atoms with Crippen molar-refractivity contribution in [1.29, 1.82) is 0 Å². The molecule has 0 N–H and O–H groups in total. The number of para-hydroxylation sites is 3. The van der Waals surface area contributed by atoms with Gasteiger partial charge in [0.25, 0.3) is 0 Å². The first-order valence-corrected chi connectivity index (χ1v) is 21.6. The Morgan fingerprint density at radius 1 is 0.317 bits per heavy atom. The molecule has 15 aromatic rings. The molecule has 5 heterocycles. The maximum Gasteiger partial charge on any atom is 0.235 e. The average molecular weight is 800 g/mol. The Balaban J connectivity index is 1.25. The van der Waals surface area contributed by atoms with Crippen molar-refractivity contribution in [3.63, 3.8) is 0 Å². The molecule has 0 bridgehead atoms. The Kier molecular flexibility index (Phi) is 6.36. The zero-order chi connectivity index (χ0) is 40.9. The zero-order valence-electron chi connectivity index (χ0n) is 33.8. The molecule has 290 valence electrons. The van der Waals surface area contributed by atoms with Gasteiger partial charge in [0.1, 0.15) is 0 Å². The molecule has 0 aliphatic rings. The molecule has 0 fully saturated rings. The molecule has 0 atom stereocenters. The van der Waals surface area contributed by atoms with Crippen LogP contribution >= 0.6 is 0 Å². The van der Waals surface area contributed by atoms with Crippen molar-refractivity contribution in [3.8, 4) is 22.9 Å². The Bertz CT molecular complexity index is 4420. The molecular weight excluding hydrogens is 767 g/mol. The largest absolute Gasteiger partial charge is 0.308 e. The topological polar surface area (TPSA) is 40.0 Å². The maximum atomic E-state index is 5.72. The molecule has 0 spiro atoms. The van der Waals surface area contributed by atoms with Crippen LogP contribution in [0.1, 0.15) is 0 Å². The smallest absolute Gasteiger partial charge is 0.235 e. The molecule has 10 aromatic carbocycles. The minimum absolute atomic E-state index is 0.638. The van der Waals surface area contributed by atoms with E-state index in [2.05, 4.69) is 214 Å². The lowest BCUT2D eigenvalue weighted by Crippen LogP contribution is -2.05. The Hall–Kier alpha value is -8.54. The predicted octanol–water partition coefficient (Wildman–Crippen LogP) is 14.9. The molecule has 63 heavy (non-hydrogen) atoms. The molecule has 5 heteroatoms. The van der Waals surface area contributed by atoms with Gasteiger partial charge in [0.05, 0.1) is 49.8 Å². The summed E-state index contributed by atoms with van der Waals surface area (Å²) in [7, 11) is 0. The molecule has 0 aliphatic heterocycles. The lowest BCUT2D eigenvalue weighted by atomic mass is 10.0. The molecule has 0 radical (unpaired) electrons. The quantitative estimate of drug-likeness (QED) is 0.167. The van der Waals surface area contributed by atoms with Crippen LogP contribution in [0.2, 0.25) is 0 Å². The van der Waals surface area contributed by atoms with E-state index in [0.717, 1.165) is 66.2 Å². The van der Waals surface area contributed by atoms with E-state index in [4.69, 9.17) is 9.97 Å². The lowest BCUT2D eigenvalue weighted by Gasteiger charge is -2.15. The molecule has 0 aliphatic carbocycles. The highest BCUT2D eigenvalue weighted by atomic mass is 15.2. The van der Waals surface area contributed by atoms with Crippen LogP contribution in [0.4, 0.5) is 0 Å². The SMILES string of the molecule is c1ccc(-c2nc(-n3c4cccc5c6cccc7c8cc9ccccc9cc8n(c8cc9c%10ccccc%10n(-c%10ccccc%10)c9c3c8c54)c67)nc3ccc4ccccc4c23)cc1. The van der Waals surface area contributed by atoms with Gasteiger partial charge in [-0.25, -0.2) is 9.97 Å². The molecular formula is C58H33N5. The Labute approximate surface area is 359 Å². The van der Waals surface area contributed by atoms with Gasteiger partial charge in [0.2, 0.25) is 5.95 Å². The monoisotopic (exact) mass is 799 g/mol. The summed E-state index contributed by atoms with van der Waals surface area (Å²) in [5, 5.41) is 15.5. The van der Waals surface area contributed by atoms with Crippen molar-refractivity contribution in [2.75, 3.05) is 0 Å². The Morgan fingerprint density at radius 2 is 0.968 bits per heavy atom. The normalized spacial score (nSPS) is 12.4. The van der Waals surface area contributed by atoms with Crippen LogP contribution in [-0.2, 0) is 0 Å². The minimum Gasteiger partial charge on any atom is -0.308 e. The summed E-state index contributed by atoms with van der Waals surface area (Å²) in [5.41, 5.74) is 12.0. The third-order valence-electron chi connectivity index (χ3n) is 13.7. The van der Waals surface area contributed by atoms with E-state index >= 15 is 0 Å². The summed E-state index contributed by atoms with van der Waals surface area (Å²) < 4.78 is 7.40. The fourth-order valence-corrected chi connectivity index (χ4v) is 11.1. The van der Waals surface area contributed by atoms with Crippen molar-refractivity contribution >= 4 is 114 Å². The van der Waals surface area contributed by atoms with Crippen LogP contribution < -0.4 is 0 Å². The summed E-state index contributed by atoms with van der Waals surface area (Å²) in [6, 6.07) is 72.9. The van der Waals surface area contributed by atoms with E-state index < -0.39 is 0 Å². The second kappa shape index (κ2) is 12.1. The fourth-order valence-electron chi connectivity index (χ4n) is 11.1. The van der Waals surface area contributed by atoms with Crippen molar-refractivity contribution < 1.29 is 0 Å². The van der Waals surface area contributed by atoms with Gasteiger partial charge in [-0.3, -0.25) is 4.57 Å². The lowest BCUT2D eigenvalue weighted by molar-refractivity contribution is 1.01. The number of fused-ring (bicyclic) bond motifs is 13. The van der Waals surface area contributed by atoms with Crippen molar-refractivity contribution in [1.82, 2.24) is 23.5 Å². The molecule has 5 nitrogen and oxygen atoms in total. The molecule has 0 unspecified atom stereocenters. The van der Waals surface area contributed by atoms with Gasteiger partial charge in [-0.05, 0) is 75.5 Å². The highest BCUT2D eigenvalue weighted by molar-refractivity contribution is 6.36. The van der Waals surface area contributed by atoms with Gasteiger partial charge in [-0.1, -0.05) is 152 Å². The summed E-state index contributed by atoms with van der Waals surface area (Å²) in [4.78, 5) is 11.3. The zero-order valence-corrected chi connectivity index (χ0v) is 33.8. The van der Waals surface area contributed by atoms with E-state index in [1.54, 1.807) is 0 Å². The van der Waals surface area contributed by atoms with Crippen LogP contribution in [0.25, 0.3) is 137 Å². The molecule has 0 saturated heterocycles.